The minimum Gasteiger partial charge on any atom is -0.348 e. The minimum atomic E-state index is -0.147. The number of tetrazole rings is 1. The summed E-state index contributed by atoms with van der Waals surface area (Å²) >= 11 is 0. The first-order valence-corrected chi connectivity index (χ1v) is 9.20. The lowest BCUT2D eigenvalue weighted by Gasteiger charge is -2.15. The molecule has 6 heteroatoms. The third kappa shape index (κ3) is 4.58. The topological polar surface area (TPSA) is 72.7 Å². The molecule has 2 aromatic carbocycles. The Balaban J connectivity index is 1.62. The van der Waals surface area contributed by atoms with Crippen LogP contribution >= 0.6 is 0 Å². The summed E-state index contributed by atoms with van der Waals surface area (Å²) in [5.41, 5.74) is 5.68. The molecule has 0 saturated heterocycles. The molecule has 3 aromatic rings. The molecular formula is C21H25N5O. The Bertz CT molecular complexity index is 930. The summed E-state index contributed by atoms with van der Waals surface area (Å²) in [7, 11) is 0. The second-order valence-corrected chi connectivity index (χ2v) is 6.83. The number of rotatable bonds is 6. The molecule has 0 bridgehead atoms. The summed E-state index contributed by atoms with van der Waals surface area (Å²) in [5, 5.41) is 15.4. The van der Waals surface area contributed by atoms with Crippen molar-refractivity contribution in [1.29, 1.82) is 0 Å². The van der Waals surface area contributed by atoms with E-state index in [1.165, 1.54) is 21.5 Å². The van der Waals surface area contributed by atoms with Gasteiger partial charge in [0.1, 0.15) is 6.54 Å². The largest absolute Gasteiger partial charge is 0.348 e. The van der Waals surface area contributed by atoms with Crippen molar-refractivity contribution in [1.82, 2.24) is 25.5 Å². The van der Waals surface area contributed by atoms with Gasteiger partial charge in [-0.1, -0.05) is 49.4 Å². The maximum atomic E-state index is 12.3. The van der Waals surface area contributed by atoms with E-state index in [2.05, 4.69) is 53.6 Å². The van der Waals surface area contributed by atoms with Crippen LogP contribution in [0.15, 0.2) is 42.5 Å². The van der Waals surface area contributed by atoms with E-state index in [1.54, 1.807) is 0 Å². The van der Waals surface area contributed by atoms with Gasteiger partial charge in [-0.15, -0.1) is 10.2 Å². The van der Waals surface area contributed by atoms with Gasteiger partial charge in [-0.25, -0.2) is 0 Å². The number of amides is 1. The first-order valence-electron chi connectivity index (χ1n) is 9.20. The van der Waals surface area contributed by atoms with Gasteiger partial charge in [0.15, 0.2) is 0 Å². The second-order valence-electron chi connectivity index (χ2n) is 6.83. The fourth-order valence-corrected chi connectivity index (χ4v) is 2.85. The lowest BCUT2D eigenvalue weighted by Crippen LogP contribution is -2.30. The van der Waals surface area contributed by atoms with Crippen LogP contribution in [-0.4, -0.2) is 26.1 Å². The minimum absolute atomic E-state index is 0.0369. The van der Waals surface area contributed by atoms with Gasteiger partial charge in [-0.2, -0.15) is 4.80 Å². The molecule has 0 unspecified atom stereocenters. The van der Waals surface area contributed by atoms with Crippen LogP contribution in [-0.2, 0) is 17.8 Å². The molecule has 0 spiro atoms. The number of hydrogen-bond donors (Lipinski definition) is 1. The van der Waals surface area contributed by atoms with Crippen LogP contribution in [0.5, 0.6) is 0 Å². The Morgan fingerprint density at radius 2 is 1.85 bits per heavy atom. The molecule has 0 fully saturated rings. The van der Waals surface area contributed by atoms with Crippen LogP contribution in [0.3, 0.4) is 0 Å². The monoisotopic (exact) mass is 363 g/mol. The van der Waals surface area contributed by atoms with E-state index in [0.29, 0.717) is 5.82 Å². The molecule has 0 radical (unpaired) electrons. The number of aryl methyl sites for hydroxylation is 3. The van der Waals surface area contributed by atoms with Crippen molar-refractivity contribution >= 4 is 5.91 Å². The van der Waals surface area contributed by atoms with Crippen molar-refractivity contribution in [3.05, 3.63) is 64.7 Å². The first kappa shape index (κ1) is 18.8. The Morgan fingerprint density at radius 1 is 1.11 bits per heavy atom. The van der Waals surface area contributed by atoms with Gasteiger partial charge in [-0.3, -0.25) is 4.79 Å². The zero-order valence-electron chi connectivity index (χ0n) is 16.2. The number of benzene rings is 2. The maximum Gasteiger partial charge on any atom is 0.244 e. The van der Waals surface area contributed by atoms with Crippen molar-refractivity contribution in [3.63, 3.8) is 0 Å². The normalized spacial score (nSPS) is 12.0. The SMILES string of the molecule is CCc1ccc(-c2nnn(CC(=O)N[C@@H](C)c3ccc(C)c(C)c3)n2)cc1. The van der Waals surface area contributed by atoms with E-state index in [4.69, 9.17) is 0 Å². The summed E-state index contributed by atoms with van der Waals surface area (Å²) in [6.45, 7) is 8.27. The van der Waals surface area contributed by atoms with Crippen molar-refractivity contribution in [3.8, 4) is 11.4 Å². The second kappa shape index (κ2) is 8.12. The van der Waals surface area contributed by atoms with Gasteiger partial charge in [0.25, 0.3) is 0 Å². The summed E-state index contributed by atoms with van der Waals surface area (Å²) in [4.78, 5) is 13.7. The molecule has 140 valence electrons. The number of hydrogen-bond acceptors (Lipinski definition) is 4. The molecule has 1 heterocycles. The lowest BCUT2D eigenvalue weighted by atomic mass is 10.0. The highest BCUT2D eigenvalue weighted by Crippen LogP contribution is 2.17. The summed E-state index contributed by atoms with van der Waals surface area (Å²) in [6, 6.07) is 14.2. The van der Waals surface area contributed by atoms with Gasteiger partial charge in [0, 0.05) is 5.56 Å². The van der Waals surface area contributed by atoms with Gasteiger partial charge < -0.3 is 5.32 Å². The molecular weight excluding hydrogens is 338 g/mol. The molecule has 0 saturated carbocycles. The quantitative estimate of drug-likeness (QED) is 0.728. The molecule has 1 atom stereocenters. The molecule has 1 N–H and O–H groups in total. The first-order chi connectivity index (χ1) is 13.0. The van der Waals surface area contributed by atoms with Crippen LogP contribution in [0.2, 0.25) is 0 Å². The van der Waals surface area contributed by atoms with Crippen LogP contribution in [0.4, 0.5) is 0 Å². The van der Waals surface area contributed by atoms with Crippen LogP contribution in [0.1, 0.15) is 42.1 Å². The fourth-order valence-electron chi connectivity index (χ4n) is 2.85. The molecule has 27 heavy (non-hydrogen) atoms. The zero-order chi connectivity index (χ0) is 19.4. The molecule has 6 nitrogen and oxygen atoms in total. The Hall–Kier alpha value is -3.02. The van der Waals surface area contributed by atoms with Crippen molar-refractivity contribution in [2.45, 2.75) is 46.7 Å². The summed E-state index contributed by atoms with van der Waals surface area (Å²) < 4.78 is 0. The zero-order valence-corrected chi connectivity index (χ0v) is 16.2. The lowest BCUT2D eigenvalue weighted by molar-refractivity contribution is -0.122. The highest BCUT2D eigenvalue weighted by atomic mass is 16.2. The maximum absolute atomic E-state index is 12.3. The number of carbonyl (C=O) groups is 1. The van der Waals surface area contributed by atoms with Crippen molar-refractivity contribution < 1.29 is 4.79 Å². The van der Waals surface area contributed by atoms with Crippen LogP contribution in [0.25, 0.3) is 11.4 Å². The average Bonchev–Trinajstić information content (AvgIpc) is 3.12. The number of carbonyl (C=O) groups excluding carboxylic acids is 1. The molecule has 0 aliphatic rings. The van der Waals surface area contributed by atoms with Gasteiger partial charge in [0.05, 0.1) is 6.04 Å². The molecule has 1 aromatic heterocycles. The van der Waals surface area contributed by atoms with E-state index in [1.807, 2.05) is 37.3 Å². The summed E-state index contributed by atoms with van der Waals surface area (Å²) in [6.07, 6.45) is 0.985. The van der Waals surface area contributed by atoms with Crippen molar-refractivity contribution in [2.24, 2.45) is 0 Å². The third-order valence-corrected chi connectivity index (χ3v) is 4.77. The van der Waals surface area contributed by atoms with E-state index in [9.17, 15) is 4.79 Å². The molecule has 1 amide bonds. The number of aromatic nitrogens is 4. The highest BCUT2D eigenvalue weighted by molar-refractivity contribution is 5.76. The average molecular weight is 363 g/mol. The van der Waals surface area contributed by atoms with E-state index in [0.717, 1.165) is 17.5 Å². The van der Waals surface area contributed by atoms with E-state index >= 15 is 0 Å². The highest BCUT2D eigenvalue weighted by Gasteiger charge is 2.13. The van der Waals surface area contributed by atoms with Gasteiger partial charge in [-0.05, 0) is 54.7 Å². The van der Waals surface area contributed by atoms with Crippen molar-refractivity contribution in [2.75, 3.05) is 0 Å². The van der Waals surface area contributed by atoms with Crippen LogP contribution in [0, 0.1) is 13.8 Å². The number of nitrogens with zero attached hydrogens (tertiary/aromatic N) is 4. The molecule has 0 aliphatic carbocycles. The predicted molar refractivity (Wildman–Crippen MR) is 105 cm³/mol. The number of nitrogens with one attached hydrogen (secondary N) is 1. The van der Waals surface area contributed by atoms with Crippen LogP contribution < -0.4 is 5.32 Å². The molecule has 3 rings (SSSR count). The third-order valence-electron chi connectivity index (χ3n) is 4.77. The Kier molecular flexibility index (Phi) is 5.64. The van der Waals surface area contributed by atoms with E-state index < -0.39 is 0 Å². The van der Waals surface area contributed by atoms with Gasteiger partial charge >= 0.3 is 0 Å². The predicted octanol–water partition coefficient (Wildman–Crippen LogP) is 3.40. The van der Waals surface area contributed by atoms with Gasteiger partial charge in [0.2, 0.25) is 11.7 Å². The summed E-state index contributed by atoms with van der Waals surface area (Å²) in [5.74, 6) is 0.374. The standard InChI is InChI=1S/C21H25N5O/c1-5-17-7-10-18(11-8-17)21-23-25-26(24-21)13-20(27)22-16(4)19-9-6-14(2)15(3)12-19/h6-12,16H,5,13H2,1-4H3,(H,22,27)/t16-/m0/s1. The smallest absolute Gasteiger partial charge is 0.244 e. The molecule has 0 aliphatic heterocycles. The Labute approximate surface area is 159 Å². The Morgan fingerprint density at radius 3 is 2.52 bits per heavy atom. The fraction of sp³-hybridized carbons (Fsp3) is 0.333. The van der Waals surface area contributed by atoms with E-state index in [-0.39, 0.29) is 18.5 Å².